The van der Waals surface area contributed by atoms with Crippen molar-refractivity contribution in [3.05, 3.63) is 83.4 Å². The molecule has 2 aromatic carbocycles. The van der Waals surface area contributed by atoms with E-state index in [1.807, 2.05) is 47.4 Å². The predicted molar refractivity (Wildman–Crippen MR) is 89.0 cm³/mol. The number of hydrogen-bond donors (Lipinski definition) is 1. The summed E-state index contributed by atoms with van der Waals surface area (Å²) in [5.74, 6) is 1.02. The van der Waals surface area contributed by atoms with E-state index in [-0.39, 0.29) is 5.91 Å². The number of allylic oxidation sites excluding steroid dienone is 2. The van der Waals surface area contributed by atoms with Gasteiger partial charge in [-0.25, -0.2) is 0 Å². The number of rotatable bonds is 2. The molecule has 0 radical (unpaired) electrons. The third-order valence-electron chi connectivity index (χ3n) is 3.92. The van der Waals surface area contributed by atoms with Crippen LogP contribution in [0.15, 0.2) is 77.8 Å². The molecule has 1 amide bonds. The number of nitrogens with zero attached hydrogens (tertiary/aromatic N) is 2. The van der Waals surface area contributed by atoms with Crippen LogP contribution in [0.1, 0.15) is 10.4 Å². The van der Waals surface area contributed by atoms with Crippen molar-refractivity contribution in [2.24, 2.45) is 0 Å². The summed E-state index contributed by atoms with van der Waals surface area (Å²) in [7, 11) is 0. The van der Waals surface area contributed by atoms with E-state index in [1.165, 1.54) is 0 Å². The topological polar surface area (TPSA) is 65.4 Å². The smallest absolute Gasteiger partial charge is 0.255 e. The van der Waals surface area contributed by atoms with Gasteiger partial charge in [0, 0.05) is 11.3 Å². The summed E-state index contributed by atoms with van der Waals surface area (Å²) in [6.07, 6.45) is 1.67. The Kier molecular flexibility index (Phi) is 3.29. The molecule has 5 heteroatoms. The van der Waals surface area contributed by atoms with Crippen LogP contribution < -0.4 is 15.0 Å². The molecule has 2 heterocycles. The maximum Gasteiger partial charge on any atom is 0.255 e. The Labute approximate surface area is 139 Å². The van der Waals surface area contributed by atoms with Gasteiger partial charge in [-0.15, -0.1) is 0 Å². The number of carbonyl (C=O) groups is 1. The Balaban J connectivity index is 1.64. The Morgan fingerprint density at radius 3 is 2.67 bits per heavy atom. The molecule has 0 saturated carbocycles. The number of para-hydroxylation sites is 2. The quantitative estimate of drug-likeness (QED) is 0.925. The van der Waals surface area contributed by atoms with E-state index < -0.39 is 0 Å². The van der Waals surface area contributed by atoms with E-state index in [9.17, 15) is 10.1 Å². The molecule has 0 bridgehead atoms. The summed E-state index contributed by atoms with van der Waals surface area (Å²) in [6, 6.07) is 18.7. The fourth-order valence-electron chi connectivity index (χ4n) is 2.81. The highest BCUT2D eigenvalue weighted by atomic mass is 16.5. The molecule has 0 spiro atoms. The van der Waals surface area contributed by atoms with Crippen molar-refractivity contribution in [3.8, 4) is 11.8 Å². The van der Waals surface area contributed by atoms with Gasteiger partial charge < -0.3 is 15.0 Å². The monoisotopic (exact) mass is 315 g/mol. The van der Waals surface area contributed by atoms with Gasteiger partial charge in [0.2, 0.25) is 5.88 Å². The number of hydrogen-bond acceptors (Lipinski definition) is 4. The molecule has 0 fully saturated rings. The number of nitriles is 1. The van der Waals surface area contributed by atoms with Crippen LogP contribution in [0.2, 0.25) is 0 Å². The van der Waals surface area contributed by atoms with Crippen LogP contribution >= 0.6 is 0 Å². The van der Waals surface area contributed by atoms with Crippen molar-refractivity contribution < 1.29 is 9.53 Å². The highest BCUT2D eigenvalue weighted by Gasteiger charge is 2.32. The number of ether oxygens (including phenoxy) is 1. The summed E-state index contributed by atoms with van der Waals surface area (Å²) in [6.45, 7) is 0.441. The van der Waals surface area contributed by atoms with Gasteiger partial charge >= 0.3 is 0 Å². The number of amides is 1. The van der Waals surface area contributed by atoms with Gasteiger partial charge in [-0.2, -0.15) is 5.26 Å². The molecule has 0 saturated heterocycles. The van der Waals surface area contributed by atoms with Crippen LogP contribution in [-0.4, -0.2) is 12.5 Å². The zero-order valence-electron chi connectivity index (χ0n) is 12.7. The number of nitrogens with one attached hydrogen (secondary N) is 1. The summed E-state index contributed by atoms with van der Waals surface area (Å²) in [5.41, 5.74) is 2.51. The van der Waals surface area contributed by atoms with Gasteiger partial charge in [0.05, 0.1) is 12.2 Å². The number of benzene rings is 2. The van der Waals surface area contributed by atoms with Gasteiger partial charge in [0.15, 0.2) is 5.75 Å². The second-order valence-electron chi connectivity index (χ2n) is 5.48. The van der Waals surface area contributed by atoms with Crippen LogP contribution in [0.5, 0.6) is 5.75 Å². The van der Waals surface area contributed by atoms with Crippen LogP contribution in [0.4, 0.5) is 5.69 Å². The van der Waals surface area contributed by atoms with E-state index >= 15 is 0 Å². The predicted octanol–water partition coefficient (Wildman–Crippen LogP) is 2.95. The standard InChI is InChI=1S/C19H13N3O2/c20-11-14-10-15(21-18(23)13-6-2-1-3-7-13)12-22-16-8-4-5-9-17(16)24-19(14)22/h1-10H,12H2,(H,21,23). The molecule has 4 rings (SSSR count). The summed E-state index contributed by atoms with van der Waals surface area (Å²) in [5, 5.41) is 12.3. The molecule has 1 N–H and O–H groups in total. The summed E-state index contributed by atoms with van der Waals surface area (Å²) in [4.78, 5) is 14.2. The molecule has 0 aliphatic carbocycles. The van der Waals surface area contributed by atoms with Crippen molar-refractivity contribution in [2.45, 2.75) is 0 Å². The highest BCUT2D eigenvalue weighted by Crippen LogP contribution is 2.41. The van der Waals surface area contributed by atoms with Crippen LogP contribution in [0, 0.1) is 11.3 Å². The second kappa shape index (κ2) is 5.60. The molecule has 0 atom stereocenters. The average Bonchev–Trinajstić information content (AvgIpc) is 3.00. The molecular formula is C19H13N3O2. The number of anilines is 1. The summed E-state index contributed by atoms with van der Waals surface area (Å²) >= 11 is 0. The molecule has 0 aromatic heterocycles. The van der Waals surface area contributed by atoms with Crippen molar-refractivity contribution in [1.29, 1.82) is 5.26 Å². The van der Waals surface area contributed by atoms with E-state index in [1.54, 1.807) is 18.2 Å². The van der Waals surface area contributed by atoms with Crippen LogP contribution in [0.3, 0.4) is 0 Å². The van der Waals surface area contributed by atoms with Gasteiger partial charge in [-0.05, 0) is 30.3 Å². The average molecular weight is 315 g/mol. The first-order valence-electron chi connectivity index (χ1n) is 7.52. The van der Waals surface area contributed by atoms with Gasteiger partial charge in [0.25, 0.3) is 5.91 Å². The minimum absolute atomic E-state index is 0.198. The lowest BCUT2D eigenvalue weighted by Crippen LogP contribution is -2.35. The van der Waals surface area contributed by atoms with Gasteiger partial charge in [-0.3, -0.25) is 4.79 Å². The minimum Gasteiger partial charge on any atom is -0.437 e. The molecule has 5 nitrogen and oxygen atoms in total. The maximum atomic E-state index is 12.3. The minimum atomic E-state index is -0.198. The van der Waals surface area contributed by atoms with Crippen molar-refractivity contribution in [1.82, 2.24) is 5.32 Å². The van der Waals surface area contributed by atoms with Gasteiger partial charge in [0.1, 0.15) is 11.6 Å². The number of carbonyl (C=O) groups excluding carboxylic acids is 1. The lowest BCUT2D eigenvalue weighted by Gasteiger charge is -2.24. The largest absolute Gasteiger partial charge is 0.437 e. The van der Waals surface area contributed by atoms with E-state index in [4.69, 9.17) is 4.74 Å². The number of fused-ring (bicyclic) bond motifs is 3. The van der Waals surface area contributed by atoms with Crippen molar-refractivity contribution in [3.63, 3.8) is 0 Å². The second-order valence-corrected chi connectivity index (χ2v) is 5.48. The van der Waals surface area contributed by atoms with E-state index in [0.29, 0.717) is 35.0 Å². The SMILES string of the molecule is N#CC1=C2Oc3ccccc3N2CC(NC(=O)c2ccccc2)=C1. The highest BCUT2D eigenvalue weighted by molar-refractivity contribution is 5.95. The summed E-state index contributed by atoms with van der Waals surface area (Å²) < 4.78 is 5.78. The van der Waals surface area contributed by atoms with Crippen molar-refractivity contribution in [2.75, 3.05) is 11.4 Å². The Hall–Kier alpha value is -3.52. The molecule has 24 heavy (non-hydrogen) atoms. The lowest BCUT2D eigenvalue weighted by atomic mass is 10.1. The Morgan fingerprint density at radius 2 is 1.88 bits per heavy atom. The van der Waals surface area contributed by atoms with Gasteiger partial charge in [-0.1, -0.05) is 30.3 Å². The Morgan fingerprint density at radius 1 is 1.12 bits per heavy atom. The first kappa shape index (κ1) is 14.1. The fourth-order valence-corrected chi connectivity index (χ4v) is 2.81. The van der Waals surface area contributed by atoms with E-state index in [2.05, 4.69) is 11.4 Å². The lowest BCUT2D eigenvalue weighted by molar-refractivity contribution is 0.0965. The molecule has 2 aliphatic rings. The van der Waals surface area contributed by atoms with E-state index in [0.717, 1.165) is 5.69 Å². The first-order chi connectivity index (χ1) is 11.8. The van der Waals surface area contributed by atoms with Crippen LogP contribution in [-0.2, 0) is 0 Å². The molecular weight excluding hydrogens is 302 g/mol. The third-order valence-corrected chi connectivity index (χ3v) is 3.92. The molecule has 2 aliphatic heterocycles. The zero-order chi connectivity index (χ0) is 16.5. The molecule has 0 unspecified atom stereocenters. The molecule has 2 aromatic rings. The normalized spacial score (nSPS) is 15.0. The third kappa shape index (κ3) is 2.31. The first-order valence-corrected chi connectivity index (χ1v) is 7.52. The Bertz CT molecular complexity index is 923. The van der Waals surface area contributed by atoms with Crippen LogP contribution in [0.25, 0.3) is 0 Å². The van der Waals surface area contributed by atoms with Crippen molar-refractivity contribution >= 4 is 11.6 Å². The maximum absolute atomic E-state index is 12.3. The zero-order valence-corrected chi connectivity index (χ0v) is 12.7. The molecule has 116 valence electrons. The fraction of sp³-hybridized carbons (Fsp3) is 0.0526.